The van der Waals surface area contributed by atoms with Gasteiger partial charge in [0, 0.05) is 33.2 Å². The Morgan fingerprint density at radius 2 is 2.00 bits per heavy atom. The molecule has 0 saturated carbocycles. The van der Waals surface area contributed by atoms with Gasteiger partial charge in [-0.25, -0.2) is 9.18 Å². The largest absolute Gasteiger partial charge is 0.464 e. The lowest BCUT2D eigenvalue weighted by atomic mass is 10.0. The molecule has 1 saturated heterocycles. The second-order valence-corrected chi connectivity index (χ2v) is 7.59. The molecular formula is C20H35FN2O4. The Balaban J connectivity index is 2.46. The first kappa shape index (κ1) is 23.6. The Morgan fingerprint density at radius 3 is 2.56 bits per heavy atom. The fraction of sp³-hybridized carbons (Fsp3) is 0.800. The zero-order valence-corrected chi connectivity index (χ0v) is 17.4. The minimum absolute atomic E-state index is 0.181. The van der Waals surface area contributed by atoms with E-state index in [4.69, 9.17) is 9.47 Å². The molecule has 1 atom stereocenters. The van der Waals surface area contributed by atoms with Crippen LogP contribution in [0.5, 0.6) is 0 Å². The van der Waals surface area contributed by atoms with Crippen LogP contribution in [0.1, 0.15) is 40.0 Å². The van der Waals surface area contributed by atoms with Gasteiger partial charge in [0.15, 0.2) is 5.83 Å². The van der Waals surface area contributed by atoms with Gasteiger partial charge in [0.25, 0.3) is 5.91 Å². The summed E-state index contributed by atoms with van der Waals surface area (Å²) in [5.41, 5.74) is 0. The number of unbranched alkanes of at least 4 members (excludes halogenated alkanes) is 1. The summed E-state index contributed by atoms with van der Waals surface area (Å²) in [6.45, 7) is 9.53. The molecule has 1 amide bonds. The number of amides is 1. The van der Waals surface area contributed by atoms with E-state index < -0.39 is 23.7 Å². The molecule has 1 aliphatic rings. The van der Waals surface area contributed by atoms with Crippen LogP contribution in [0.25, 0.3) is 0 Å². The summed E-state index contributed by atoms with van der Waals surface area (Å²) in [4.78, 5) is 27.9. The van der Waals surface area contributed by atoms with E-state index in [1.807, 2.05) is 13.8 Å². The van der Waals surface area contributed by atoms with E-state index in [1.54, 1.807) is 14.0 Å². The van der Waals surface area contributed by atoms with Gasteiger partial charge in [-0.15, -0.1) is 0 Å². The number of halogens is 1. The third-order valence-electron chi connectivity index (χ3n) is 4.68. The lowest BCUT2D eigenvalue weighted by molar-refractivity contribution is -0.153. The van der Waals surface area contributed by atoms with Crippen molar-refractivity contribution in [3.8, 4) is 0 Å². The van der Waals surface area contributed by atoms with Crippen LogP contribution in [0.2, 0.25) is 0 Å². The van der Waals surface area contributed by atoms with Crippen LogP contribution in [0.4, 0.5) is 4.39 Å². The lowest BCUT2D eigenvalue weighted by Crippen LogP contribution is -2.48. The lowest BCUT2D eigenvalue weighted by Gasteiger charge is -2.38. The quantitative estimate of drug-likeness (QED) is 0.293. The normalized spacial score (nSPS) is 16.9. The van der Waals surface area contributed by atoms with Crippen molar-refractivity contribution in [3.05, 3.63) is 11.9 Å². The first-order valence-electron chi connectivity index (χ1n) is 9.80. The minimum atomic E-state index is -0.809. The first-order valence-corrected chi connectivity index (χ1v) is 9.80. The third-order valence-corrected chi connectivity index (χ3v) is 4.68. The van der Waals surface area contributed by atoms with Crippen LogP contribution in [-0.2, 0) is 19.1 Å². The number of likely N-dealkylation sites (tertiary alicyclic amines) is 1. The SMILES string of the molecule is CCOC(=O)C(CC(C)C)N(C)C(=O)/C(F)=C\CCCN1CC(COC)C1. The number of esters is 1. The molecule has 27 heavy (non-hydrogen) atoms. The van der Waals surface area contributed by atoms with Gasteiger partial charge in [-0.2, -0.15) is 0 Å². The van der Waals surface area contributed by atoms with Gasteiger partial charge in [-0.1, -0.05) is 13.8 Å². The number of likely N-dealkylation sites (N-methyl/N-ethyl adjacent to an activating group) is 1. The summed E-state index contributed by atoms with van der Waals surface area (Å²) in [6.07, 6.45) is 3.04. The van der Waals surface area contributed by atoms with E-state index >= 15 is 0 Å². The fourth-order valence-electron chi connectivity index (χ4n) is 3.24. The molecule has 0 N–H and O–H groups in total. The number of hydrogen-bond donors (Lipinski definition) is 0. The third kappa shape index (κ3) is 7.97. The average Bonchev–Trinajstić information content (AvgIpc) is 2.59. The van der Waals surface area contributed by atoms with E-state index in [0.29, 0.717) is 18.8 Å². The molecular weight excluding hydrogens is 351 g/mol. The molecule has 1 fully saturated rings. The van der Waals surface area contributed by atoms with Gasteiger partial charge in [-0.3, -0.25) is 4.79 Å². The monoisotopic (exact) mass is 386 g/mol. The molecule has 0 bridgehead atoms. The first-order chi connectivity index (χ1) is 12.8. The molecule has 0 aliphatic carbocycles. The molecule has 0 aromatic rings. The molecule has 7 heteroatoms. The number of carbonyl (C=O) groups is 2. The van der Waals surface area contributed by atoms with Crippen molar-refractivity contribution < 1.29 is 23.5 Å². The van der Waals surface area contributed by atoms with Crippen molar-refractivity contribution >= 4 is 11.9 Å². The van der Waals surface area contributed by atoms with Crippen molar-refractivity contribution in [2.45, 2.75) is 46.1 Å². The molecule has 0 aromatic carbocycles. The summed E-state index contributed by atoms with van der Waals surface area (Å²) in [6, 6.07) is -0.768. The average molecular weight is 387 g/mol. The van der Waals surface area contributed by atoms with Gasteiger partial charge in [0.2, 0.25) is 0 Å². The Kier molecular flexibility index (Phi) is 10.5. The molecule has 1 rings (SSSR count). The summed E-state index contributed by atoms with van der Waals surface area (Å²) in [5, 5.41) is 0. The number of allylic oxidation sites excluding steroid dienone is 1. The van der Waals surface area contributed by atoms with Crippen LogP contribution in [-0.4, -0.2) is 74.7 Å². The van der Waals surface area contributed by atoms with Crippen LogP contribution in [0.3, 0.4) is 0 Å². The zero-order chi connectivity index (χ0) is 20.4. The second kappa shape index (κ2) is 12.1. The summed E-state index contributed by atoms with van der Waals surface area (Å²) in [7, 11) is 3.16. The van der Waals surface area contributed by atoms with Crippen LogP contribution >= 0.6 is 0 Å². The standard InChI is InChI=1S/C20H35FN2O4/c1-6-27-20(25)18(11-15(2)3)22(4)19(24)17(21)9-7-8-10-23-12-16(13-23)14-26-5/h9,15-16,18H,6-8,10-14H2,1-5H3/b17-9+. The Morgan fingerprint density at radius 1 is 1.33 bits per heavy atom. The highest BCUT2D eigenvalue weighted by Gasteiger charge is 2.30. The maximum atomic E-state index is 14.3. The Bertz CT molecular complexity index is 504. The molecule has 1 unspecified atom stereocenters. The number of rotatable bonds is 12. The molecule has 1 aliphatic heterocycles. The number of nitrogens with zero attached hydrogens (tertiary/aromatic N) is 2. The fourth-order valence-corrected chi connectivity index (χ4v) is 3.24. The molecule has 1 heterocycles. The van der Waals surface area contributed by atoms with Crippen molar-refractivity contribution in [1.82, 2.24) is 9.80 Å². The molecule has 0 aromatic heterocycles. The van der Waals surface area contributed by atoms with E-state index in [2.05, 4.69) is 4.90 Å². The van der Waals surface area contributed by atoms with Gasteiger partial charge < -0.3 is 19.3 Å². The molecule has 0 spiro atoms. The molecule has 6 nitrogen and oxygen atoms in total. The number of carbonyl (C=O) groups excluding carboxylic acids is 2. The maximum absolute atomic E-state index is 14.3. The number of ether oxygens (including phenoxy) is 2. The van der Waals surface area contributed by atoms with Gasteiger partial charge >= 0.3 is 5.97 Å². The van der Waals surface area contributed by atoms with Gasteiger partial charge in [0.1, 0.15) is 6.04 Å². The van der Waals surface area contributed by atoms with Crippen molar-refractivity contribution in [2.75, 3.05) is 47.0 Å². The highest BCUT2D eigenvalue weighted by atomic mass is 19.1. The Labute approximate surface area is 162 Å². The van der Waals surface area contributed by atoms with E-state index in [9.17, 15) is 14.0 Å². The highest BCUT2D eigenvalue weighted by molar-refractivity contribution is 5.94. The smallest absolute Gasteiger partial charge is 0.328 e. The Hall–Kier alpha value is -1.47. The summed E-state index contributed by atoms with van der Waals surface area (Å²) in [5.74, 6) is -1.29. The predicted molar refractivity (Wildman–Crippen MR) is 103 cm³/mol. The second-order valence-electron chi connectivity index (χ2n) is 7.59. The molecule has 0 radical (unpaired) electrons. The number of hydrogen-bond acceptors (Lipinski definition) is 5. The summed E-state index contributed by atoms with van der Waals surface area (Å²) < 4.78 is 24.4. The van der Waals surface area contributed by atoms with E-state index in [1.165, 1.54) is 13.1 Å². The van der Waals surface area contributed by atoms with Gasteiger partial charge in [-0.05, 0) is 44.7 Å². The minimum Gasteiger partial charge on any atom is -0.464 e. The predicted octanol–water partition coefficient (Wildman–Crippen LogP) is 2.63. The maximum Gasteiger partial charge on any atom is 0.328 e. The number of methoxy groups -OCH3 is 1. The summed E-state index contributed by atoms with van der Waals surface area (Å²) >= 11 is 0. The zero-order valence-electron chi connectivity index (χ0n) is 17.4. The topological polar surface area (TPSA) is 59.1 Å². The van der Waals surface area contributed by atoms with Crippen molar-refractivity contribution in [1.29, 1.82) is 0 Å². The molecule has 156 valence electrons. The van der Waals surface area contributed by atoms with Crippen LogP contribution in [0, 0.1) is 11.8 Å². The van der Waals surface area contributed by atoms with Crippen LogP contribution < -0.4 is 0 Å². The van der Waals surface area contributed by atoms with Crippen LogP contribution in [0.15, 0.2) is 11.9 Å². The van der Waals surface area contributed by atoms with E-state index in [-0.39, 0.29) is 12.5 Å². The highest BCUT2D eigenvalue weighted by Crippen LogP contribution is 2.18. The van der Waals surface area contributed by atoms with Gasteiger partial charge in [0.05, 0.1) is 13.2 Å². The van der Waals surface area contributed by atoms with E-state index in [0.717, 1.165) is 37.6 Å². The van der Waals surface area contributed by atoms with Crippen molar-refractivity contribution in [2.24, 2.45) is 11.8 Å². The van der Waals surface area contributed by atoms with Crippen molar-refractivity contribution in [3.63, 3.8) is 0 Å².